The van der Waals surface area contributed by atoms with Crippen molar-refractivity contribution in [2.24, 2.45) is 11.3 Å². The second kappa shape index (κ2) is 6.09. The fourth-order valence-corrected chi connectivity index (χ4v) is 2.59. The van der Waals surface area contributed by atoms with Gasteiger partial charge < -0.3 is 14.5 Å². The lowest BCUT2D eigenvalue weighted by Gasteiger charge is -2.44. The Kier molecular flexibility index (Phi) is 5.21. The summed E-state index contributed by atoms with van der Waals surface area (Å²) in [5, 5.41) is 0. The van der Waals surface area contributed by atoms with Crippen LogP contribution in [0, 0.1) is 5.41 Å². The number of amides is 1. The summed E-state index contributed by atoms with van der Waals surface area (Å²) in [7, 11) is 0. The molecular weight excluding hydrogens is 244 g/mol. The molecule has 19 heavy (non-hydrogen) atoms. The van der Waals surface area contributed by atoms with E-state index >= 15 is 0 Å². The van der Waals surface area contributed by atoms with E-state index in [2.05, 4.69) is 13.8 Å². The first-order chi connectivity index (χ1) is 8.67. The van der Waals surface area contributed by atoms with Gasteiger partial charge in [-0.2, -0.15) is 0 Å². The maximum Gasteiger partial charge on any atom is 0.410 e. The van der Waals surface area contributed by atoms with Crippen molar-refractivity contribution < 1.29 is 14.4 Å². The zero-order chi connectivity index (χ0) is 14.7. The van der Waals surface area contributed by atoms with Crippen LogP contribution in [0.1, 0.15) is 53.9 Å². The molecule has 0 spiro atoms. The van der Waals surface area contributed by atoms with E-state index in [1.54, 1.807) is 0 Å². The Morgan fingerprint density at radius 3 is 2.42 bits per heavy atom. The molecular formula is C14H28N2O3. The van der Waals surface area contributed by atoms with E-state index in [1.165, 1.54) is 0 Å². The number of carbonyl (C=O) groups is 1. The van der Waals surface area contributed by atoms with Crippen LogP contribution in [0.15, 0.2) is 0 Å². The maximum atomic E-state index is 12.3. The second-order valence-electron chi connectivity index (χ2n) is 6.98. The van der Waals surface area contributed by atoms with Gasteiger partial charge in [0.25, 0.3) is 0 Å². The number of ether oxygens (including phenoxy) is 1. The van der Waals surface area contributed by atoms with Gasteiger partial charge in [-0.15, -0.1) is 0 Å². The molecule has 1 rings (SSSR count). The van der Waals surface area contributed by atoms with Gasteiger partial charge in [-0.05, 0) is 40.0 Å². The number of nitrogens with two attached hydrogens (primary N) is 1. The molecule has 0 aliphatic carbocycles. The van der Waals surface area contributed by atoms with Crippen LogP contribution in [-0.2, 0) is 9.57 Å². The van der Waals surface area contributed by atoms with Crippen molar-refractivity contribution in [1.82, 2.24) is 4.90 Å². The number of likely N-dealkylation sites (tertiary alicyclic amines) is 1. The fraction of sp³-hybridized carbons (Fsp3) is 0.929. The number of carbonyl (C=O) groups excluding carboxylic acids is 1. The van der Waals surface area contributed by atoms with E-state index in [9.17, 15) is 4.79 Å². The highest BCUT2D eigenvalue weighted by atomic mass is 16.6. The quantitative estimate of drug-likeness (QED) is 0.802. The van der Waals surface area contributed by atoms with Crippen molar-refractivity contribution in [2.45, 2.75) is 65.5 Å². The van der Waals surface area contributed by atoms with E-state index in [4.69, 9.17) is 15.5 Å². The molecule has 1 saturated heterocycles. The van der Waals surface area contributed by atoms with Gasteiger partial charge in [0.05, 0.1) is 6.61 Å². The smallest absolute Gasteiger partial charge is 0.410 e. The first-order valence-electron chi connectivity index (χ1n) is 6.99. The highest BCUT2D eigenvalue weighted by molar-refractivity contribution is 5.68. The number of hydrogen-bond donors (Lipinski definition) is 1. The Balaban J connectivity index is 2.80. The van der Waals surface area contributed by atoms with Crippen LogP contribution in [0.2, 0.25) is 0 Å². The highest BCUT2D eigenvalue weighted by Crippen LogP contribution is 2.33. The monoisotopic (exact) mass is 272 g/mol. The van der Waals surface area contributed by atoms with Crippen LogP contribution in [0.4, 0.5) is 4.79 Å². The van der Waals surface area contributed by atoms with Gasteiger partial charge in [0.2, 0.25) is 0 Å². The molecule has 1 unspecified atom stereocenters. The lowest BCUT2D eigenvalue weighted by molar-refractivity contribution is -0.0346. The van der Waals surface area contributed by atoms with Gasteiger partial charge in [0.1, 0.15) is 5.60 Å². The molecule has 1 aliphatic rings. The molecule has 112 valence electrons. The summed E-state index contributed by atoms with van der Waals surface area (Å²) in [6.07, 6.45) is 2.88. The van der Waals surface area contributed by atoms with E-state index in [1.807, 2.05) is 25.7 Å². The van der Waals surface area contributed by atoms with E-state index < -0.39 is 5.60 Å². The molecule has 0 aromatic carbocycles. The van der Waals surface area contributed by atoms with Crippen LogP contribution >= 0.6 is 0 Å². The van der Waals surface area contributed by atoms with Crippen molar-refractivity contribution in [3.8, 4) is 0 Å². The molecule has 1 atom stereocenters. The van der Waals surface area contributed by atoms with E-state index in [0.29, 0.717) is 6.61 Å². The minimum Gasteiger partial charge on any atom is -0.444 e. The first kappa shape index (κ1) is 16.2. The van der Waals surface area contributed by atoms with Crippen LogP contribution in [0.5, 0.6) is 0 Å². The van der Waals surface area contributed by atoms with Gasteiger partial charge in [-0.1, -0.05) is 13.8 Å². The van der Waals surface area contributed by atoms with Gasteiger partial charge in [0.15, 0.2) is 0 Å². The maximum absolute atomic E-state index is 12.3. The van der Waals surface area contributed by atoms with Crippen molar-refractivity contribution in [1.29, 1.82) is 0 Å². The molecule has 1 heterocycles. The SMILES string of the molecule is CC(C)(C)OC(=O)N1CCCCC1C(C)(C)CON. The van der Waals surface area contributed by atoms with Crippen LogP contribution in [-0.4, -0.2) is 35.8 Å². The lowest BCUT2D eigenvalue weighted by atomic mass is 9.79. The Morgan fingerprint density at radius 1 is 1.26 bits per heavy atom. The summed E-state index contributed by atoms with van der Waals surface area (Å²) in [6.45, 7) is 11.0. The Labute approximate surface area is 116 Å². The number of rotatable bonds is 3. The lowest BCUT2D eigenvalue weighted by Crippen LogP contribution is -2.53. The summed E-state index contributed by atoms with van der Waals surface area (Å²) >= 11 is 0. The van der Waals surface area contributed by atoms with E-state index in [0.717, 1.165) is 25.8 Å². The predicted molar refractivity (Wildman–Crippen MR) is 74.5 cm³/mol. The molecule has 5 heteroatoms. The van der Waals surface area contributed by atoms with Crippen molar-refractivity contribution >= 4 is 6.09 Å². The third kappa shape index (κ3) is 4.66. The van der Waals surface area contributed by atoms with Gasteiger partial charge in [0, 0.05) is 18.0 Å². The zero-order valence-electron chi connectivity index (χ0n) is 12.9. The molecule has 1 amide bonds. The second-order valence-corrected chi connectivity index (χ2v) is 6.98. The fourth-order valence-electron chi connectivity index (χ4n) is 2.59. The largest absolute Gasteiger partial charge is 0.444 e. The molecule has 0 aromatic rings. The summed E-state index contributed by atoms with van der Waals surface area (Å²) in [4.78, 5) is 19.0. The summed E-state index contributed by atoms with van der Waals surface area (Å²) in [5.74, 6) is 5.21. The number of nitrogens with zero attached hydrogens (tertiary/aromatic N) is 1. The number of hydrogen-bond acceptors (Lipinski definition) is 4. The highest BCUT2D eigenvalue weighted by Gasteiger charge is 2.39. The van der Waals surface area contributed by atoms with E-state index in [-0.39, 0.29) is 17.6 Å². The van der Waals surface area contributed by atoms with Gasteiger partial charge in [-0.25, -0.2) is 10.7 Å². The third-order valence-corrected chi connectivity index (χ3v) is 3.49. The van der Waals surface area contributed by atoms with Crippen molar-refractivity contribution in [3.63, 3.8) is 0 Å². The standard InChI is InChI=1S/C14H28N2O3/c1-13(2,3)19-12(17)16-9-7-6-8-11(16)14(4,5)10-18-15/h11H,6-10,15H2,1-5H3. The summed E-state index contributed by atoms with van der Waals surface area (Å²) in [5.41, 5.74) is -0.639. The summed E-state index contributed by atoms with van der Waals surface area (Å²) < 4.78 is 5.50. The van der Waals surface area contributed by atoms with Crippen molar-refractivity contribution in [3.05, 3.63) is 0 Å². The van der Waals surface area contributed by atoms with Crippen LogP contribution < -0.4 is 5.90 Å². The molecule has 1 fully saturated rings. The Bertz CT molecular complexity index is 310. The van der Waals surface area contributed by atoms with Crippen molar-refractivity contribution in [2.75, 3.05) is 13.2 Å². The molecule has 0 radical (unpaired) electrons. The normalized spacial score (nSPS) is 21.4. The first-order valence-corrected chi connectivity index (χ1v) is 6.99. The number of piperidine rings is 1. The molecule has 5 nitrogen and oxygen atoms in total. The average molecular weight is 272 g/mol. The third-order valence-electron chi connectivity index (χ3n) is 3.49. The van der Waals surface area contributed by atoms with Gasteiger partial charge >= 0.3 is 6.09 Å². The molecule has 0 aromatic heterocycles. The van der Waals surface area contributed by atoms with Crippen LogP contribution in [0.25, 0.3) is 0 Å². The zero-order valence-corrected chi connectivity index (χ0v) is 12.9. The van der Waals surface area contributed by atoms with Gasteiger partial charge in [-0.3, -0.25) is 0 Å². The Hall–Kier alpha value is -0.810. The minimum atomic E-state index is -0.465. The summed E-state index contributed by atoms with van der Waals surface area (Å²) in [6, 6.07) is 0.111. The molecule has 1 aliphatic heterocycles. The molecule has 0 saturated carbocycles. The Morgan fingerprint density at radius 2 is 1.89 bits per heavy atom. The molecule has 2 N–H and O–H groups in total. The molecule has 0 bridgehead atoms. The predicted octanol–water partition coefficient (Wildman–Crippen LogP) is 2.69. The minimum absolute atomic E-state index is 0.111. The average Bonchev–Trinajstić information content (AvgIpc) is 2.26. The topological polar surface area (TPSA) is 64.8 Å². The van der Waals surface area contributed by atoms with Crippen LogP contribution in [0.3, 0.4) is 0 Å².